The van der Waals surface area contributed by atoms with E-state index in [9.17, 15) is 4.79 Å². The molecule has 2 aromatic carbocycles. The lowest BCUT2D eigenvalue weighted by Crippen LogP contribution is -2.14. The third-order valence-electron chi connectivity index (χ3n) is 3.75. The number of hydrogen-bond donors (Lipinski definition) is 0. The Morgan fingerprint density at radius 2 is 1.80 bits per heavy atom. The van der Waals surface area contributed by atoms with Gasteiger partial charge in [0.25, 0.3) is 0 Å². The van der Waals surface area contributed by atoms with Crippen LogP contribution in [0.4, 0.5) is 0 Å². The molecule has 0 radical (unpaired) electrons. The molecular weight excluding hydrogens is 336 g/mol. The van der Waals surface area contributed by atoms with E-state index in [1.54, 1.807) is 11.8 Å². The summed E-state index contributed by atoms with van der Waals surface area (Å²) < 4.78 is 6.77. The molecule has 0 aliphatic rings. The van der Waals surface area contributed by atoms with Crippen molar-refractivity contribution in [2.75, 3.05) is 7.11 Å². The number of thioether (sulfide) groups is 1. The zero-order valence-corrected chi connectivity index (χ0v) is 15.0. The Balaban J connectivity index is 1.78. The first-order chi connectivity index (χ1) is 12.1. The normalized spacial score (nSPS) is 12.0. The third-order valence-corrected chi connectivity index (χ3v) is 4.78. The van der Waals surface area contributed by atoms with Gasteiger partial charge in [-0.1, -0.05) is 41.6 Å². The maximum absolute atomic E-state index is 12.6. The summed E-state index contributed by atoms with van der Waals surface area (Å²) in [5, 5.41) is 12.1. The fourth-order valence-electron chi connectivity index (χ4n) is 2.30. The first-order valence-electron chi connectivity index (χ1n) is 7.79. The molecule has 0 unspecified atom stereocenters. The maximum atomic E-state index is 12.6. The molecule has 0 spiro atoms. The van der Waals surface area contributed by atoms with Gasteiger partial charge in [0.15, 0.2) is 5.78 Å². The highest BCUT2D eigenvalue weighted by atomic mass is 32.2. The number of rotatable bonds is 6. The van der Waals surface area contributed by atoms with Gasteiger partial charge >= 0.3 is 0 Å². The number of ketones is 1. The summed E-state index contributed by atoms with van der Waals surface area (Å²) in [5.74, 6) is 0.809. The number of tetrazole rings is 1. The van der Waals surface area contributed by atoms with Gasteiger partial charge in [0.1, 0.15) is 5.75 Å². The van der Waals surface area contributed by atoms with Gasteiger partial charge in [-0.15, -0.1) is 5.10 Å². The van der Waals surface area contributed by atoms with E-state index in [2.05, 4.69) is 15.5 Å². The summed E-state index contributed by atoms with van der Waals surface area (Å²) in [4.78, 5) is 12.6. The van der Waals surface area contributed by atoms with E-state index < -0.39 is 0 Å². The van der Waals surface area contributed by atoms with Crippen LogP contribution in [0, 0.1) is 6.92 Å². The number of hydrogen-bond acceptors (Lipinski definition) is 6. The number of carbonyl (C=O) groups is 1. The molecule has 0 bridgehead atoms. The molecule has 7 heteroatoms. The zero-order valence-electron chi connectivity index (χ0n) is 14.2. The van der Waals surface area contributed by atoms with Crippen LogP contribution in [-0.4, -0.2) is 38.4 Å². The molecule has 0 fully saturated rings. The van der Waals surface area contributed by atoms with Gasteiger partial charge in [0, 0.05) is 5.56 Å². The summed E-state index contributed by atoms with van der Waals surface area (Å²) >= 11 is 1.33. The molecule has 0 saturated heterocycles. The number of aryl methyl sites for hydroxylation is 1. The Labute approximate surface area is 150 Å². The molecule has 128 valence electrons. The number of aromatic nitrogens is 4. The molecule has 1 aromatic heterocycles. The van der Waals surface area contributed by atoms with E-state index in [1.165, 1.54) is 11.8 Å². The van der Waals surface area contributed by atoms with Crippen molar-refractivity contribution in [3.63, 3.8) is 0 Å². The number of benzene rings is 2. The van der Waals surface area contributed by atoms with E-state index in [1.807, 2.05) is 62.4 Å². The van der Waals surface area contributed by atoms with Crippen LogP contribution in [0.1, 0.15) is 22.8 Å². The van der Waals surface area contributed by atoms with Crippen molar-refractivity contribution in [1.82, 2.24) is 20.2 Å². The van der Waals surface area contributed by atoms with Crippen LogP contribution in [0.5, 0.6) is 5.75 Å². The molecule has 0 aliphatic carbocycles. The van der Waals surface area contributed by atoms with Crippen molar-refractivity contribution in [2.45, 2.75) is 24.3 Å². The summed E-state index contributed by atoms with van der Waals surface area (Å²) in [5.41, 5.74) is 2.62. The highest BCUT2D eigenvalue weighted by Crippen LogP contribution is 2.26. The zero-order chi connectivity index (χ0) is 17.8. The van der Waals surface area contributed by atoms with Gasteiger partial charge in [0.2, 0.25) is 5.16 Å². The van der Waals surface area contributed by atoms with Crippen LogP contribution in [0.15, 0.2) is 53.7 Å². The summed E-state index contributed by atoms with van der Waals surface area (Å²) in [6.07, 6.45) is 0. The lowest BCUT2D eigenvalue weighted by atomic mass is 10.1. The fraction of sp³-hybridized carbons (Fsp3) is 0.222. The van der Waals surface area contributed by atoms with Crippen molar-refractivity contribution in [3.8, 4) is 11.4 Å². The predicted octanol–water partition coefficient (Wildman–Crippen LogP) is 3.34. The maximum Gasteiger partial charge on any atom is 0.214 e. The molecular formula is C18H18N4O2S. The topological polar surface area (TPSA) is 69.9 Å². The highest BCUT2D eigenvalue weighted by Gasteiger charge is 2.20. The minimum atomic E-state index is -0.300. The van der Waals surface area contributed by atoms with E-state index in [-0.39, 0.29) is 11.0 Å². The molecule has 1 atom stereocenters. The molecule has 3 rings (SSSR count). The lowest BCUT2D eigenvalue weighted by Gasteiger charge is -2.10. The predicted molar refractivity (Wildman–Crippen MR) is 96.5 cm³/mol. The summed E-state index contributed by atoms with van der Waals surface area (Å²) in [6, 6.07) is 15.0. The largest absolute Gasteiger partial charge is 0.497 e. The average Bonchev–Trinajstić information content (AvgIpc) is 3.10. The average molecular weight is 354 g/mol. The molecule has 0 amide bonds. The first-order valence-corrected chi connectivity index (χ1v) is 8.67. The standard InChI is InChI=1S/C18H18N4O2S/c1-12-4-6-14(7-5-12)17(23)13(2)25-18-19-20-21-22(18)15-8-10-16(24-3)11-9-15/h4-11,13H,1-3H3/t13-/m1/s1. The van der Waals surface area contributed by atoms with Crippen LogP contribution < -0.4 is 4.74 Å². The van der Waals surface area contributed by atoms with Crippen LogP contribution in [0.25, 0.3) is 5.69 Å². The van der Waals surface area contributed by atoms with Gasteiger partial charge in [-0.2, -0.15) is 4.68 Å². The molecule has 0 aliphatic heterocycles. The first kappa shape index (κ1) is 17.2. The third kappa shape index (κ3) is 3.88. The van der Waals surface area contributed by atoms with Crippen molar-refractivity contribution in [2.24, 2.45) is 0 Å². The number of Topliss-reactive ketones (excluding diaryl/α,β-unsaturated/α-hetero) is 1. The number of carbonyl (C=O) groups excluding carboxylic acids is 1. The van der Waals surface area contributed by atoms with E-state index in [4.69, 9.17) is 4.74 Å². The Kier molecular flexibility index (Phi) is 5.14. The smallest absolute Gasteiger partial charge is 0.214 e. The summed E-state index contributed by atoms with van der Waals surface area (Å²) in [7, 11) is 1.62. The Morgan fingerprint density at radius 3 is 2.44 bits per heavy atom. The second-order valence-electron chi connectivity index (χ2n) is 5.56. The molecule has 0 N–H and O–H groups in total. The number of ether oxygens (including phenoxy) is 1. The van der Waals surface area contributed by atoms with Gasteiger partial charge in [-0.05, 0) is 48.5 Å². The Bertz CT molecular complexity index is 860. The van der Waals surface area contributed by atoms with Gasteiger partial charge in [-0.25, -0.2) is 0 Å². The molecule has 25 heavy (non-hydrogen) atoms. The van der Waals surface area contributed by atoms with Gasteiger partial charge < -0.3 is 4.74 Å². The number of nitrogens with zero attached hydrogens (tertiary/aromatic N) is 4. The Hall–Kier alpha value is -2.67. The monoisotopic (exact) mass is 354 g/mol. The van der Waals surface area contributed by atoms with Crippen molar-refractivity contribution >= 4 is 17.5 Å². The van der Waals surface area contributed by atoms with Crippen LogP contribution in [0.2, 0.25) is 0 Å². The Morgan fingerprint density at radius 1 is 1.12 bits per heavy atom. The number of methoxy groups -OCH3 is 1. The second kappa shape index (κ2) is 7.48. The lowest BCUT2D eigenvalue weighted by molar-refractivity contribution is 0.0994. The van der Waals surface area contributed by atoms with Gasteiger partial charge in [0.05, 0.1) is 18.0 Å². The van der Waals surface area contributed by atoms with E-state index in [0.717, 1.165) is 17.0 Å². The minimum Gasteiger partial charge on any atom is -0.497 e. The van der Waals surface area contributed by atoms with Gasteiger partial charge in [-0.3, -0.25) is 4.79 Å². The molecule has 6 nitrogen and oxygen atoms in total. The highest BCUT2D eigenvalue weighted by molar-refractivity contribution is 8.00. The van der Waals surface area contributed by atoms with E-state index in [0.29, 0.717) is 10.7 Å². The minimum absolute atomic E-state index is 0.0503. The molecule has 1 heterocycles. The van der Waals surface area contributed by atoms with Crippen LogP contribution >= 0.6 is 11.8 Å². The fourth-order valence-corrected chi connectivity index (χ4v) is 3.19. The van der Waals surface area contributed by atoms with Crippen molar-refractivity contribution in [1.29, 1.82) is 0 Å². The second-order valence-corrected chi connectivity index (χ2v) is 6.87. The van der Waals surface area contributed by atoms with Crippen LogP contribution in [0.3, 0.4) is 0 Å². The SMILES string of the molecule is COc1ccc(-n2nnnc2S[C@H](C)C(=O)c2ccc(C)cc2)cc1. The molecule has 3 aromatic rings. The van der Waals surface area contributed by atoms with E-state index >= 15 is 0 Å². The van der Waals surface area contributed by atoms with Crippen molar-refractivity contribution < 1.29 is 9.53 Å². The molecule has 0 saturated carbocycles. The van der Waals surface area contributed by atoms with Crippen LogP contribution in [-0.2, 0) is 0 Å². The quantitative estimate of drug-likeness (QED) is 0.499. The summed E-state index contributed by atoms with van der Waals surface area (Å²) in [6.45, 7) is 3.86. The van der Waals surface area contributed by atoms with Crippen molar-refractivity contribution in [3.05, 3.63) is 59.7 Å².